The number of carbonyl (C=O) groups excluding carboxylic acids is 3. The number of esters is 1. The highest BCUT2D eigenvalue weighted by molar-refractivity contribution is 6.30. The second-order valence-corrected chi connectivity index (χ2v) is 13.1. The van der Waals surface area contributed by atoms with Gasteiger partial charge in [0.15, 0.2) is 17.2 Å². The van der Waals surface area contributed by atoms with Crippen molar-refractivity contribution in [2.75, 3.05) is 18.6 Å². The van der Waals surface area contributed by atoms with E-state index < -0.39 is 29.8 Å². The molecule has 2 heterocycles. The molecule has 2 aromatic carbocycles. The predicted octanol–water partition coefficient (Wildman–Crippen LogP) is 5.94. The smallest absolute Gasteiger partial charge is 0.408 e. The maximum atomic E-state index is 13.3. The lowest BCUT2D eigenvalue weighted by Gasteiger charge is -2.27. The van der Waals surface area contributed by atoms with Crippen LogP contribution in [0.4, 0.5) is 10.5 Å². The maximum Gasteiger partial charge on any atom is 0.408 e. The molecule has 2 atom stereocenters. The quantitative estimate of drug-likeness (QED) is 0.256. The fraction of sp³-hybridized carbons (Fsp3) is 0.455. The monoisotopic (exact) mass is 638 g/mol. The molecule has 11 nitrogen and oxygen atoms in total. The van der Waals surface area contributed by atoms with Crippen molar-refractivity contribution in [3.05, 3.63) is 64.9 Å². The number of aromatic nitrogens is 2. The van der Waals surface area contributed by atoms with E-state index in [1.165, 1.54) is 7.11 Å². The van der Waals surface area contributed by atoms with Gasteiger partial charge in [-0.3, -0.25) is 4.79 Å². The van der Waals surface area contributed by atoms with Crippen LogP contribution in [-0.2, 0) is 20.8 Å². The summed E-state index contributed by atoms with van der Waals surface area (Å²) in [6.07, 6.45) is 2.49. The molecule has 1 N–H and O–H groups in total. The number of anilines is 1. The Labute approximate surface area is 267 Å². The second-order valence-electron chi connectivity index (χ2n) is 12.6. The summed E-state index contributed by atoms with van der Waals surface area (Å²) >= 11 is 6.00. The van der Waals surface area contributed by atoms with E-state index in [9.17, 15) is 14.4 Å². The van der Waals surface area contributed by atoms with Crippen molar-refractivity contribution in [3.8, 4) is 17.2 Å². The molecule has 1 fully saturated rings. The molecule has 0 radical (unpaired) electrons. The van der Waals surface area contributed by atoms with Gasteiger partial charge in [0.1, 0.15) is 24.4 Å². The van der Waals surface area contributed by atoms with Gasteiger partial charge in [-0.15, -0.1) is 0 Å². The highest BCUT2D eigenvalue weighted by Crippen LogP contribution is 2.38. The lowest BCUT2D eigenvalue weighted by Crippen LogP contribution is -2.48. The zero-order valence-electron chi connectivity index (χ0n) is 26.3. The van der Waals surface area contributed by atoms with Gasteiger partial charge in [-0.05, 0) is 81.8 Å². The zero-order chi connectivity index (χ0) is 32.5. The summed E-state index contributed by atoms with van der Waals surface area (Å²) in [5.41, 5.74) is 1.95. The summed E-state index contributed by atoms with van der Waals surface area (Å²) in [6.45, 7) is 9.40. The Kier molecular flexibility index (Phi) is 9.29. The van der Waals surface area contributed by atoms with Crippen LogP contribution in [0, 0.1) is 11.8 Å². The minimum Gasteiger partial charge on any atom is -0.493 e. The number of hydrogen-bond donors (Lipinski definition) is 1. The van der Waals surface area contributed by atoms with E-state index in [1.807, 2.05) is 32.2 Å². The van der Waals surface area contributed by atoms with Crippen molar-refractivity contribution < 1.29 is 33.3 Å². The lowest BCUT2D eigenvalue weighted by atomic mass is 10.0. The van der Waals surface area contributed by atoms with Gasteiger partial charge < -0.3 is 29.2 Å². The van der Waals surface area contributed by atoms with Gasteiger partial charge in [-0.1, -0.05) is 25.4 Å². The van der Waals surface area contributed by atoms with E-state index in [0.29, 0.717) is 34.4 Å². The first-order chi connectivity index (χ1) is 21.3. The fourth-order valence-corrected chi connectivity index (χ4v) is 5.14. The van der Waals surface area contributed by atoms with E-state index in [-0.39, 0.29) is 24.3 Å². The Morgan fingerprint density at radius 2 is 1.76 bits per heavy atom. The number of benzene rings is 2. The number of rotatable bonds is 11. The SMILES string of the molecule is COc1cc(N2Cc3cn(-c4ccc(Cl)cc4)nc3C2=O)ccc1OC[C@H](OC(=O)[C@@H](NC(=O)OC(C)(C)C)C(C)C)C1CC1. The number of halogens is 1. The summed E-state index contributed by atoms with van der Waals surface area (Å²) < 4.78 is 24.6. The number of hydrogen-bond acceptors (Lipinski definition) is 8. The first-order valence-corrected chi connectivity index (χ1v) is 15.4. The molecule has 3 aromatic rings. The van der Waals surface area contributed by atoms with E-state index in [2.05, 4.69) is 10.4 Å². The average molecular weight is 639 g/mol. The van der Waals surface area contributed by atoms with Crippen LogP contribution < -0.4 is 19.7 Å². The number of methoxy groups -OCH3 is 1. The predicted molar refractivity (Wildman–Crippen MR) is 168 cm³/mol. The number of alkyl carbamates (subject to hydrolysis) is 1. The van der Waals surface area contributed by atoms with Crippen LogP contribution in [0.25, 0.3) is 5.69 Å². The minimum atomic E-state index is -0.870. The van der Waals surface area contributed by atoms with Crippen molar-refractivity contribution in [3.63, 3.8) is 0 Å². The van der Waals surface area contributed by atoms with Crippen LogP contribution in [0.2, 0.25) is 5.02 Å². The molecule has 1 saturated carbocycles. The number of nitrogens with zero attached hydrogens (tertiary/aromatic N) is 3. The summed E-state index contributed by atoms with van der Waals surface area (Å²) in [4.78, 5) is 40.4. The summed E-state index contributed by atoms with van der Waals surface area (Å²) in [5, 5.41) is 7.78. The van der Waals surface area contributed by atoms with E-state index in [0.717, 1.165) is 24.1 Å². The van der Waals surface area contributed by atoms with E-state index >= 15 is 0 Å². The zero-order valence-corrected chi connectivity index (χ0v) is 27.1. The molecule has 2 amide bonds. The molecule has 1 aliphatic heterocycles. The summed E-state index contributed by atoms with van der Waals surface area (Å²) in [6, 6.07) is 11.6. The topological polar surface area (TPSA) is 121 Å². The third-order valence-electron chi connectivity index (χ3n) is 7.53. The second kappa shape index (κ2) is 13.0. The Morgan fingerprint density at radius 1 is 1.07 bits per heavy atom. The molecule has 5 rings (SSSR count). The third-order valence-corrected chi connectivity index (χ3v) is 7.78. The Hall–Kier alpha value is -4.25. The van der Waals surface area contributed by atoms with Crippen LogP contribution in [0.1, 0.15) is 63.5 Å². The fourth-order valence-electron chi connectivity index (χ4n) is 5.01. The Morgan fingerprint density at radius 3 is 2.36 bits per heavy atom. The number of amides is 2. The molecule has 45 heavy (non-hydrogen) atoms. The number of ether oxygens (including phenoxy) is 4. The molecule has 0 spiro atoms. The molecule has 0 unspecified atom stereocenters. The number of fused-ring (bicyclic) bond motifs is 1. The molecule has 12 heteroatoms. The van der Waals surface area contributed by atoms with Crippen LogP contribution in [0.3, 0.4) is 0 Å². The van der Waals surface area contributed by atoms with Gasteiger partial charge in [0, 0.05) is 28.5 Å². The molecule has 0 bridgehead atoms. The van der Waals surface area contributed by atoms with Gasteiger partial charge in [0.2, 0.25) is 0 Å². The van der Waals surface area contributed by atoms with Crippen LogP contribution >= 0.6 is 11.6 Å². The third kappa shape index (κ3) is 7.70. The van der Waals surface area contributed by atoms with Crippen molar-refractivity contribution >= 4 is 35.3 Å². The van der Waals surface area contributed by atoms with E-state index in [1.54, 1.807) is 60.7 Å². The normalized spacial score (nSPS) is 15.8. The first kappa shape index (κ1) is 32.2. The largest absolute Gasteiger partial charge is 0.493 e. The standard InChI is InChI=1S/C33H39ClN4O7/c1-19(2)28(35-32(41)45-33(3,4)5)31(40)44-27(20-7-8-20)18-43-25-14-13-24(15-26(25)42-6)37-16-21-17-38(36-29(21)30(37)39)23-11-9-22(34)10-12-23/h9-15,17,19-20,27-28H,7-8,16,18H2,1-6H3,(H,35,41)/t27-,28-/m0/s1. The molecule has 1 aliphatic carbocycles. The lowest BCUT2D eigenvalue weighted by molar-refractivity contribution is -0.155. The number of nitrogens with one attached hydrogen (secondary N) is 1. The van der Waals surface area contributed by atoms with Crippen LogP contribution in [0.5, 0.6) is 11.5 Å². The van der Waals surface area contributed by atoms with Crippen molar-refractivity contribution in [2.24, 2.45) is 11.8 Å². The highest BCUT2D eigenvalue weighted by atomic mass is 35.5. The molecule has 0 saturated heterocycles. The van der Waals surface area contributed by atoms with Gasteiger partial charge in [0.25, 0.3) is 5.91 Å². The number of carbonyl (C=O) groups is 3. The summed E-state index contributed by atoms with van der Waals surface area (Å²) in [7, 11) is 1.52. The van der Waals surface area contributed by atoms with Gasteiger partial charge >= 0.3 is 12.1 Å². The molecule has 240 valence electrons. The van der Waals surface area contributed by atoms with Gasteiger partial charge in [-0.2, -0.15) is 5.10 Å². The van der Waals surface area contributed by atoms with Crippen molar-refractivity contribution in [1.29, 1.82) is 0 Å². The van der Waals surface area contributed by atoms with Crippen LogP contribution in [-0.4, -0.2) is 59.2 Å². The van der Waals surface area contributed by atoms with Crippen molar-refractivity contribution in [1.82, 2.24) is 15.1 Å². The minimum absolute atomic E-state index is 0.107. The average Bonchev–Trinajstić information content (AvgIpc) is 3.67. The molecular formula is C33H39ClN4O7. The molecule has 2 aliphatic rings. The Bertz CT molecular complexity index is 1560. The Balaban J connectivity index is 1.23. The van der Waals surface area contributed by atoms with Gasteiger partial charge in [0.05, 0.1) is 19.3 Å². The summed E-state index contributed by atoms with van der Waals surface area (Å²) in [5.74, 6) is 0.0822. The van der Waals surface area contributed by atoms with Gasteiger partial charge in [-0.25, -0.2) is 14.3 Å². The highest BCUT2D eigenvalue weighted by Gasteiger charge is 2.38. The van der Waals surface area contributed by atoms with Crippen LogP contribution in [0.15, 0.2) is 48.7 Å². The van der Waals surface area contributed by atoms with E-state index in [4.69, 9.17) is 30.5 Å². The molecule has 1 aromatic heterocycles. The molecular weight excluding hydrogens is 600 g/mol. The maximum absolute atomic E-state index is 13.3. The first-order valence-electron chi connectivity index (χ1n) is 15.0. The van der Waals surface area contributed by atoms with Crippen molar-refractivity contribution in [2.45, 2.75) is 71.8 Å².